The van der Waals surface area contributed by atoms with Crippen LogP contribution in [-0.4, -0.2) is 18.4 Å². The van der Waals surface area contributed by atoms with Crippen molar-refractivity contribution in [2.24, 2.45) is 0 Å². The van der Waals surface area contributed by atoms with Crippen LogP contribution in [0, 0.1) is 0 Å². The van der Waals surface area contributed by atoms with Crippen LogP contribution in [0.25, 0.3) is 11.0 Å². The molecule has 1 unspecified atom stereocenters. The lowest BCUT2D eigenvalue weighted by molar-refractivity contribution is -0.121. The molecule has 3 rings (SSSR count). The summed E-state index contributed by atoms with van der Waals surface area (Å²) in [6.07, 6.45) is 1.60. The maximum Gasteiger partial charge on any atom is 0.286 e. The van der Waals surface area contributed by atoms with Crippen LogP contribution >= 0.6 is 0 Å². The van der Waals surface area contributed by atoms with Crippen LogP contribution in [0.15, 0.2) is 57.6 Å². The summed E-state index contributed by atoms with van der Waals surface area (Å²) in [5.41, 5.74) is 0.791. The van der Waals surface area contributed by atoms with E-state index in [2.05, 4.69) is 10.6 Å². The zero-order valence-corrected chi connectivity index (χ0v) is 13.2. The number of nitrogens with one attached hydrogen (secondary N) is 2. The molecular weight excluding hydrogens is 308 g/mol. The predicted molar refractivity (Wildman–Crippen MR) is 88.4 cm³/mol. The van der Waals surface area contributed by atoms with Gasteiger partial charge in [0.05, 0.1) is 12.3 Å². The normalized spacial score (nSPS) is 12.0. The van der Waals surface area contributed by atoms with Crippen LogP contribution in [0.1, 0.15) is 35.7 Å². The lowest BCUT2D eigenvalue weighted by Crippen LogP contribution is -2.31. The van der Waals surface area contributed by atoms with E-state index < -0.39 is 0 Å². The van der Waals surface area contributed by atoms with Crippen molar-refractivity contribution >= 4 is 22.8 Å². The Labute approximate surface area is 138 Å². The van der Waals surface area contributed by atoms with E-state index in [0.717, 1.165) is 11.0 Å². The maximum absolute atomic E-state index is 12.0. The smallest absolute Gasteiger partial charge is 0.286 e. The van der Waals surface area contributed by atoms with Crippen LogP contribution in [0.2, 0.25) is 0 Å². The van der Waals surface area contributed by atoms with Crippen LogP contribution < -0.4 is 10.6 Å². The van der Waals surface area contributed by atoms with Crippen molar-refractivity contribution in [2.45, 2.75) is 19.4 Å². The molecule has 0 aliphatic rings. The lowest BCUT2D eigenvalue weighted by atomic mass is 10.2. The number of benzene rings is 1. The number of para-hydroxylation sites is 1. The SMILES string of the molecule is CC(NC(=O)CCNC(=O)c1ccco1)c1cc2ccccc2o1. The number of fused-ring (bicyclic) bond motifs is 1. The topological polar surface area (TPSA) is 84.5 Å². The van der Waals surface area contributed by atoms with Gasteiger partial charge in [0.15, 0.2) is 5.76 Å². The maximum atomic E-state index is 12.0. The second kappa shape index (κ2) is 7.04. The molecule has 2 aromatic heterocycles. The third-order valence-electron chi connectivity index (χ3n) is 3.63. The monoisotopic (exact) mass is 326 g/mol. The Morgan fingerprint density at radius 2 is 2.00 bits per heavy atom. The summed E-state index contributed by atoms with van der Waals surface area (Å²) in [5.74, 6) is 0.427. The molecular formula is C18H18N2O4. The van der Waals surface area contributed by atoms with E-state index in [4.69, 9.17) is 8.83 Å². The highest BCUT2D eigenvalue weighted by Gasteiger charge is 2.14. The van der Waals surface area contributed by atoms with E-state index in [9.17, 15) is 9.59 Å². The first-order valence-electron chi connectivity index (χ1n) is 7.73. The molecule has 0 radical (unpaired) electrons. The van der Waals surface area contributed by atoms with Gasteiger partial charge in [-0.25, -0.2) is 0 Å². The summed E-state index contributed by atoms with van der Waals surface area (Å²) in [6, 6.07) is 12.6. The molecule has 2 amide bonds. The molecule has 0 aliphatic carbocycles. The largest absolute Gasteiger partial charge is 0.459 e. The third-order valence-corrected chi connectivity index (χ3v) is 3.63. The molecule has 6 heteroatoms. The van der Waals surface area contributed by atoms with Crippen LogP contribution in [-0.2, 0) is 4.79 Å². The number of hydrogen-bond donors (Lipinski definition) is 2. The molecule has 0 spiro atoms. The minimum absolute atomic E-state index is 0.164. The highest BCUT2D eigenvalue weighted by Crippen LogP contribution is 2.23. The molecule has 1 atom stereocenters. The fraction of sp³-hybridized carbons (Fsp3) is 0.222. The lowest BCUT2D eigenvalue weighted by Gasteiger charge is -2.11. The first-order valence-corrected chi connectivity index (χ1v) is 7.73. The Hall–Kier alpha value is -3.02. The van der Waals surface area contributed by atoms with Gasteiger partial charge < -0.3 is 19.5 Å². The molecule has 0 saturated heterocycles. The fourth-order valence-electron chi connectivity index (χ4n) is 2.39. The highest BCUT2D eigenvalue weighted by molar-refractivity contribution is 5.91. The highest BCUT2D eigenvalue weighted by atomic mass is 16.3. The summed E-state index contributed by atoms with van der Waals surface area (Å²) in [5, 5.41) is 6.49. The van der Waals surface area contributed by atoms with Gasteiger partial charge in [-0.05, 0) is 31.2 Å². The van der Waals surface area contributed by atoms with Gasteiger partial charge in [0.1, 0.15) is 11.3 Å². The quantitative estimate of drug-likeness (QED) is 0.729. The van der Waals surface area contributed by atoms with Gasteiger partial charge in [-0.1, -0.05) is 18.2 Å². The van der Waals surface area contributed by atoms with E-state index in [1.807, 2.05) is 37.3 Å². The molecule has 6 nitrogen and oxygen atoms in total. The van der Waals surface area contributed by atoms with Gasteiger partial charge in [0.25, 0.3) is 5.91 Å². The van der Waals surface area contributed by atoms with Crippen LogP contribution in [0.4, 0.5) is 0 Å². The van der Waals surface area contributed by atoms with Gasteiger partial charge >= 0.3 is 0 Å². The molecule has 0 aliphatic heterocycles. The summed E-state index contributed by atoms with van der Waals surface area (Å²) >= 11 is 0. The zero-order chi connectivity index (χ0) is 16.9. The fourth-order valence-corrected chi connectivity index (χ4v) is 2.39. The average molecular weight is 326 g/mol. The predicted octanol–water partition coefficient (Wildman–Crippen LogP) is 3.02. The van der Waals surface area contributed by atoms with Crippen molar-refractivity contribution in [1.82, 2.24) is 10.6 Å². The molecule has 0 fully saturated rings. The first kappa shape index (κ1) is 15.9. The number of carbonyl (C=O) groups excluding carboxylic acids is 2. The second-order valence-corrected chi connectivity index (χ2v) is 5.46. The summed E-state index contributed by atoms with van der Waals surface area (Å²) < 4.78 is 10.7. The summed E-state index contributed by atoms with van der Waals surface area (Å²) in [7, 11) is 0. The van der Waals surface area contributed by atoms with Gasteiger partial charge in [-0.3, -0.25) is 9.59 Å². The Balaban J connectivity index is 1.48. The van der Waals surface area contributed by atoms with E-state index in [1.165, 1.54) is 6.26 Å². The van der Waals surface area contributed by atoms with E-state index >= 15 is 0 Å². The average Bonchev–Trinajstić information content (AvgIpc) is 3.24. The minimum atomic E-state index is -0.335. The Morgan fingerprint density at radius 3 is 2.75 bits per heavy atom. The van der Waals surface area contributed by atoms with Gasteiger partial charge in [0, 0.05) is 18.4 Å². The molecule has 0 saturated carbocycles. The van der Waals surface area contributed by atoms with Crippen LogP contribution in [0.5, 0.6) is 0 Å². The van der Waals surface area contributed by atoms with Gasteiger partial charge in [-0.2, -0.15) is 0 Å². The van der Waals surface area contributed by atoms with E-state index in [-0.39, 0.29) is 36.6 Å². The van der Waals surface area contributed by atoms with Gasteiger partial charge in [-0.15, -0.1) is 0 Å². The molecule has 2 heterocycles. The Kier molecular flexibility index (Phi) is 4.65. The molecule has 2 N–H and O–H groups in total. The van der Waals surface area contributed by atoms with Crippen molar-refractivity contribution in [3.05, 3.63) is 60.2 Å². The number of carbonyl (C=O) groups is 2. The molecule has 0 bridgehead atoms. The number of amides is 2. The Morgan fingerprint density at radius 1 is 1.17 bits per heavy atom. The van der Waals surface area contributed by atoms with Crippen molar-refractivity contribution in [2.75, 3.05) is 6.54 Å². The summed E-state index contributed by atoms with van der Waals surface area (Å²) in [4.78, 5) is 23.7. The first-order chi connectivity index (χ1) is 11.6. The number of hydrogen-bond acceptors (Lipinski definition) is 4. The molecule has 3 aromatic rings. The van der Waals surface area contributed by atoms with E-state index in [1.54, 1.807) is 12.1 Å². The summed E-state index contributed by atoms with van der Waals surface area (Å²) in [6.45, 7) is 2.09. The third kappa shape index (κ3) is 3.65. The van der Waals surface area contributed by atoms with Crippen molar-refractivity contribution in [1.29, 1.82) is 0 Å². The van der Waals surface area contributed by atoms with Gasteiger partial charge in [0.2, 0.25) is 5.91 Å². The molecule has 24 heavy (non-hydrogen) atoms. The number of furan rings is 2. The minimum Gasteiger partial charge on any atom is -0.459 e. The molecule has 1 aromatic carbocycles. The van der Waals surface area contributed by atoms with Crippen molar-refractivity contribution in [3.63, 3.8) is 0 Å². The Bertz CT molecular complexity index is 803. The van der Waals surface area contributed by atoms with Crippen molar-refractivity contribution in [3.8, 4) is 0 Å². The second-order valence-electron chi connectivity index (χ2n) is 5.46. The standard InChI is InChI=1S/C18H18N2O4/c1-12(16-11-13-5-2-3-6-14(13)24-16)20-17(21)8-9-19-18(22)15-7-4-10-23-15/h2-7,10-12H,8-9H2,1H3,(H,19,22)(H,20,21). The van der Waals surface area contributed by atoms with Crippen LogP contribution in [0.3, 0.4) is 0 Å². The van der Waals surface area contributed by atoms with E-state index in [0.29, 0.717) is 5.76 Å². The zero-order valence-electron chi connectivity index (χ0n) is 13.2. The molecule has 124 valence electrons. The van der Waals surface area contributed by atoms with Crippen molar-refractivity contribution < 1.29 is 18.4 Å². The number of rotatable bonds is 6.